The smallest absolute Gasteiger partial charge is 0.336 e. The van der Waals surface area contributed by atoms with Crippen molar-refractivity contribution in [3.8, 4) is 0 Å². The molecule has 252 valence electrons. The Kier molecular flexibility index (Phi) is 15.4. The average molecular weight is 623 g/mol. The van der Waals surface area contributed by atoms with Crippen LogP contribution in [0.5, 0.6) is 0 Å². The standard InChI is InChI=1S/C40H62O5/c1-7-8-9-10-31-19-23-36(24-20-31)37-25-21-34(22-26-37)16-15-32-11-13-33(14-12-32)17-18-35(27-44-38(41)29(2)3)28-45-39(42)30(4)40(5,6)43/h11-14,31,34-37,43H,2,4,7-10,15-28H2,1,3,5-6H3. The number of aryl methyl sites for hydroxylation is 2. The maximum Gasteiger partial charge on any atom is 0.336 e. The van der Waals surface area contributed by atoms with Crippen molar-refractivity contribution in [1.29, 1.82) is 0 Å². The summed E-state index contributed by atoms with van der Waals surface area (Å²) in [7, 11) is 0. The number of carbonyl (C=O) groups is 2. The van der Waals surface area contributed by atoms with Crippen LogP contribution >= 0.6 is 0 Å². The topological polar surface area (TPSA) is 72.8 Å². The molecule has 5 nitrogen and oxygen atoms in total. The van der Waals surface area contributed by atoms with Crippen molar-refractivity contribution in [2.45, 2.75) is 136 Å². The second-order valence-corrected chi connectivity index (χ2v) is 14.8. The summed E-state index contributed by atoms with van der Waals surface area (Å²) in [4.78, 5) is 24.3. The summed E-state index contributed by atoms with van der Waals surface area (Å²) < 4.78 is 10.8. The summed E-state index contributed by atoms with van der Waals surface area (Å²) in [5.74, 6) is 2.58. The first-order chi connectivity index (χ1) is 21.5. The lowest BCUT2D eigenvalue weighted by Gasteiger charge is -2.38. The highest BCUT2D eigenvalue weighted by atomic mass is 16.5. The maximum atomic E-state index is 12.4. The third-order valence-electron chi connectivity index (χ3n) is 10.6. The molecule has 2 fully saturated rings. The quantitative estimate of drug-likeness (QED) is 0.100. The first-order valence-corrected chi connectivity index (χ1v) is 18.0. The molecule has 1 unspecified atom stereocenters. The molecule has 1 N–H and O–H groups in total. The Morgan fingerprint density at radius 2 is 1.29 bits per heavy atom. The molecule has 2 aliphatic carbocycles. The second-order valence-electron chi connectivity index (χ2n) is 14.8. The van der Waals surface area contributed by atoms with E-state index in [1.807, 2.05) is 0 Å². The Hall–Kier alpha value is -2.40. The van der Waals surface area contributed by atoms with Gasteiger partial charge in [-0.3, -0.25) is 0 Å². The second kappa shape index (κ2) is 18.7. The molecule has 0 spiro atoms. The van der Waals surface area contributed by atoms with Crippen LogP contribution in [0.25, 0.3) is 0 Å². The summed E-state index contributed by atoms with van der Waals surface area (Å²) in [6, 6.07) is 8.90. The molecule has 0 aliphatic heterocycles. The number of hydrogen-bond acceptors (Lipinski definition) is 5. The molecule has 0 aromatic heterocycles. The van der Waals surface area contributed by atoms with Crippen LogP contribution in [0, 0.1) is 29.6 Å². The van der Waals surface area contributed by atoms with Crippen molar-refractivity contribution in [2.75, 3.05) is 13.2 Å². The molecule has 0 saturated heterocycles. The number of esters is 2. The zero-order chi connectivity index (χ0) is 32.8. The summed E-state index contributed by atoms with van der Waals surface area (Å²) >= 11 is 0. The molecular formula is C40H62O5. The van der Waals surface area contributed by atoms with Crippen molar-refractivity contribution < 1.29 is 24.2 Å². The maximum absolute atomic E-state index is 12.4. The number of benzene rings is 1. The van der Waals surface area contributed by atoms with Gasteiger partial charge in [-0.05, 0) is 107 Å². The van der Waals surface area contributed by atoms with E-state index in [0.29, 0.717) is 12.0 Å². The first kappa shape index (κ1) is 37.1. The van der Waals surface area contributed by atoms with Gasteiger partial charge in [0.2, 0.25) is 0 Å². The molecule has 2 aliphatic rings. The molecular weight excluding hydrogens is 560 g/mol. The minimum Gasteiger partial charge on any atom is -0.462 e. The number of aliphatic hydroxyl groups is 1. The van der Waals surface area contributed by atoms with E-state index >= 15 is 0 Å². The Bertz CT molecular complexity index is 1060. The molecule has 5 heteroatoms. The molecule has 0 amide bonds. The normalized spacial score (nSPS) is 22.8. The molecule has 3 rings (SSSR count). The van der Waals surface area contributed by atoms with E-state index in [9.17, 15) is 14.7 Å². The molecule has 0 radical (unpaired) electrons. The van der Waals surface area contributed by atoms with Gasteiger partial charge in [-0.15, -0.1) is 0 Å². The van der Waals surface area contributed by atoms with Crippen molar-refractivity contribution in [1.82, 2.24) is 0 Å². The Morgan fingerprint density at radius 3 is 1.78 bits per heavy atom. The number of unbranched alkanes of at least 4 members (excludes halogenated alkanes) is 2. The lowest BCUT2D eigenvalue weighted by Crippen LogP contribution is -2.30. The summed E-state index contributed by atoms with van der Waals surface area (Å²) in [6.07, 6.45) is 21.2. The molecule has 45 heavy (non-hydrogen) atoms. The SMILES string of the molecule is C=C(C)C(=O)OCC(CCc1ccc(CCC2CCC(C3CCC(CCCCC)CC3)CC2)cc1)COC(=O)C(=C)C(C)(C)O. The van der Waals surface area contributed by atoms with E-state index in [2.05, 4.69) is 44.3 Å². The lowest BCUT2D eigenvalue weighted by molar-refractivity contribution is -0.145. The highest BCUT2D eigenvalue weighted by Crippen LogP contribution is 2.43. The Labute approximate surface area is 274 Å². The van der Waals surface area contributed by atoms with Crippen LogP contribution < -0.4 is 0 Å². The molecule has 2 saturated carbocycles. The Balaban J connectivity index is 1.39. The average Bonchev–Trinajstić information content (AvgIpc) is 3.03. The first-order valence-electron chi connectivity index (χ1n) is 18.0. The number of rotatable bonds is 18. The predicted octanol–water partition coefficient (Wildman–Crippen LogP) is 9.35. The van der Waals surface area contributed by atoms with E-state index in [1.54, 1.807) is 6.92 Å². The molecule has 0 bridgehead atoms. The van der Waals surface area contributed by atoms with E-state index in [0.717, 1.165) is 36.5 Å². The van der Waals surface area contributed by atoms with Crippen LogP contribution in [0.2, 0.25) is 0 Å². The van der Waals surface area contributed by atoms with Gasteiger partial charge in [-0.1, -0.05) is 95.7 Å². The highest BCUT2D eigenvalue weighted by molar-refractivity contribution is 5.89. The zero-order valence-electron chi connectivity index (χ0n) is 28.9. The number of hydrogen-bond donors (Lipinski definition) is 1. The van der Waals surface area contributed by atoms with Crippen LogP contribution in [-0.4, -0.2) is 35.9 Å². The fourth-order valence-electron chi connectivity index (χ4n) is 7.26. The van der Waals surface area contributed by atoms with Crippen LogP contribution in [0.15, 0.2) is 48.6 Å². The summed E-state index contributed by atoms with van der Waals surface area (Å²) in [5, 5.41) is 10.1. The monoisotopic (exact) mass is 622 g/mol. The fourth-order valence-corrected chi connectivity index (χ4v) is 7.26. The third kappa shape index (κ3) is 13.1. The van der Waals surface area contributed by atoms with Crippen molar-refractivity contribution in [3.63, 3.8) is 0 Å². The minimum atomic E-state index is -1.35. The minimum absolute atomic E-state index is 0.000719. The molecule has 0 heterocycles. The molecule has 1 aromatic rings. The molecule has 1 atom stereocenters. The Morgan fingerprint density at radius 1 is 0.800 bits per heavy atom. The van der Waals surface area contributed by atoms with Crippen LogP contribution in [-0.2, 0) is 31.9 Å². The fraction of sp³-hybridized carbons (Fsp3) is 0.700. The largest absolute Gasteiger partial charge is 0.462 e. The number of carbonyl (C=O) groups excluding carboxylic acids is 2. The summed E-state index contributed by atoms with van der Waals surface area (Å²) in [5.41, 5.74) is 1.59. The molecule has 1 aromatic carbocycles. The van der Waals surface area contributed by atoms with Crippen LogP contribution in [0.3, 0.4) is 0 Å². The van der Waals surface area contributed by atoms with Crippen LogP contribution in [0.4, 0.5) is 0 Å². The van der Waals surface area contributed by atoms with E-state index in [4.69, 9.17) is 9.47 Å². The van der Waals surface area contributed by atoms with Gasteiger partial charge < -0.3 is 14.6 Å². The zero-order valence-corrected chi connectivity index (χ0v) is 28.9. The summed E-state index contributed by atoms with van der Waals surface area (Å²) in [6.45, 7) is 14.4. The van der Waals surface area contributed by atoms with Crippen LogP contribution in [0.1, 0.15) is 129 Å². The lowest BCUT2D eigenvalue weighted by atomic mass is 9.68. The van der Waals surface area contributed by atoms with Gasteiger partial charge in [0.1, 0.15) is 0 Å². The van der Waals surface area contributed by atoms with Gasteiger partial charge in [-0.2, -0.15) is 0 Å². The van der Waals surface area contributed by atoms with Gasteiger partial charge in [0, 0.05) is 11.5 Å². The van der Waals surface area contributed by atoms with Crippen molar-refractivity contribution in [3.05, 3.63) is 59.7 Å². The third-order valence-corrected chi connectivity index (χ3v) is 10.6. The van der Waals surface area contributed by atoms with E-state index < -0.39 is 17.5 Å². The van der Waals surface area contributed by atoms with Crippen molar-refractivity contribution >= 4 is 11.9 Å². The highest BCUT2D eigenvalue weighted by Gasteiger charge is 2.31. The van der Waals surface area contributed by atoms with Gasteiger partial charge in [0.25, 0.3) is 0 Å². The predicted molar refractivity (Wildman–Crippen MR) is 184 cm³/mol. The van der Waals surface area contributed by atoms with Gasteiger partial charge >= 0.3 is 11.9 Å². The van der Waals surface area contributed by atoms with Gasteiger partial charge in [0.15, 0.2) is 0 Å². The van der Waals surface area contributed by atoms with E-state index in [1.165, 1.54) is 108 Å². The number of ether oxygens (including phenoxy) is 2. The van der Waals surface area contributed by atoms with Crippen molar-refractivity contribution in [2.24, 2.45) is 29.6 Å². The van der Waals surface area contributed by atoms with Gasteiger partial charge in [-0.25, -0.2) is 9.59 Å². The van der Waals surface area contributed by atoms with E-state index in [-0.39, 0.29) is 24.7 Å². The van der Waals surface area contributed by atoms with Gasteiger partial charge in [0.05, 0.1) is 24.4 Å².